The summed E-state index contributed by atoms with van der Waals surface area (Å²) in [6.07, 6.45) is 24.7. The largest absolute Gasteiger partial charge is 0.472 e. The Morgan fingerprint density at radius 3 is 1.63 bits per heavy atom. The van der Waals surface area contributed by atoms with Crippen molar-refractivity contribution in [2.24, 2.45) is 5.92 Å². The van der Waals surface area contributed by atoms with Crippen molar-refractivity contribution >= 4 is 13.6 Å². The molecule has 1 N–H and O–H groups in total. The van der Waals surface area contributed by atoms with E-state index in [1.54, 1.807) is 0 Å². The summed E-state index contributed by atoms with van der Waals surface area (Å²) in [7, 11) is 2.30. The van der Waals surface area contributed by atoms with Gasteiger partial charge in [-0.1, -0.05) is 117 Å². The van der Waals surface area contributed by atoms with Crippen LogP contribution in [0.4, 0.5) is 0 Å². The molecule has 0 bridgehead atoms. The Morgan fingerprint density at radius 1 is 0.711 bits per heavy atom. The molecule has 0 aliphatic heterocycles. The van der Waals surface area contributed by atoms with Gasteiger partial charge in [0.2, 0.25) is 0 Å². The maximum atomic E-state index is 12.3. The minimum Gasteiger partial charge on any atom is -0.331 e. The maximum Gasteiger partial charge on any atom is 0.472 e. The number of nitrogens with zero attached hydrogens (tertiary/aromatic N) is 1. The SMILES string of the molecule is CCCCCCCCCCCCCCCCCCC(COP(=O)(O)OCCCC[N+](C)(C)C)CC(=O)CC. The van der Waals surface area contributed by atoms with Gasteiger partial charge in [0.1, 0.15) is 5.78 Å². The third-order valence-corrected chi connectivity index (χ3v) is 8.31. The summed E-state index contributed by atoms with van der Waals surface area (Å²) in [4.78, 5) is 22.1. The second-order valence-corrected chi connectivity index (χ2v) is 13.8. The van der Waals surface area contributed by atoms with Gasteiger partial charge in [-0.2, -0.15) is 0 Å². The lowest BCUT2D eigenvalue weighted by molar-refractivity contribution is -0.870. The fourth-order valence-corrected chi connectivity index (χ4v) is 5.63. The topological polar surface area (TPSA) is 72.8 Å². The highest BCUT2D eigenvalue weighted by Gasteiger charge is 2.24. The van der Waals surface area contributed by atoms with Crippen molar-refractivity contribution in [1.29, 1.82) is 0 Å². The number of carbonyl (C=O) groups excluding carboxylic acids is 1. The Bertz CT molecular complexity index is 593. The minimum absolute atomic E-state index is 0.0173. The molecule has 0 amide bonds. The smallest absolute Gasteiger partial charge is 0.331 e. The third kappa shape index (κ3) is 27.3. The monoisotopic (exact) mass is 562 g/mol. The van der Waals surface area contributed by atoms with Crippen LogP contribution in [0, 0.1) is 5.92 Å². The predicted molar refractivity (Wildman–Crippen MR) is 161 cm³/mol. The fraction of sp³-hybridized carbons (Fsp3) is 0.968. The quantitative estimate of drug-likeness (QED) is 0.0559. The molecule has 0 aliphatic rings. The summed E-state index contributed by atoms with van der Waals surface area (Å²) in [6, 6.07) is 0. The molecule has 0 saturated carbocycles. The third-order valence-electron chi connectivity index (χ3n) is 7.33. The van der Waals surface area contributed by atoms with Crippen LogP contribution in [-0.4, -0.2) is 56.1 Å². The highest BCUT2D eigenvalue weighted by Crippen LogP contribution is 2.44. The van der Waals surface area contributed by atoms with Crippen molar-refractivity contribution in [3.05, 3.63) is 0 Å². The van der Waals surface area contributed by atoms with Gasteiger partial charge in [0, 0.05) is 12.8 Å². The summed E-state index contributed by atoms with van der Waals surface area (Å²) >= 11 is 0. The standard InChI is InChI=1S/C31H64NO5P/c1-6-8-9-10-11-12-13-14-15-16-17-18-19-20-21-22-25-30(28-31(33)7-2)29-37-38(34,35)36-27-24-23-26-32(3,4)5/h30H,6-29H2,1-5H3/p+1. The van der Waals surface area contributed by atoms with Crippen molar-refractivity contribution in [2.45, 2.75) is 149 Å². The van der Waals surface area contributed by atoms with E-state index in [-0.39, 0.29) is 24.9 Å². The highest BCUT2D eigenvalue weighted by atomic mass is 31.2. The van der Waals surface area contributed by atoms with Crippen molar-refractivity contribution in [1.82, 2.24) is 0 Å². The lowest BCUT2D eigenvalue weighted by Gasteiger charge is -2.23. The molecule has 6 nitrogen and oxygen atoms in total. The number of ketones is 1. The molecule has 0 heterocycles. The lowest BCUT2D eigenvalue weighted by atomic mass is 9.95. The molecule has 0 aromatic heterocycles. The normalized spacial score (nSPS) is 14.5. The fourth-order valence-electron chi connectivity index (χ4n) is 4.80. The van der Waals surface area contributed by atoms with Gasteiger partial charge in [0.15, 0.2) is 0 Å². The molecule has 0 aromatic rings. The zero-order chi connectivity index (χ0) is 28.5. The molecule has 228 valence electrons. The Morgan fingerprint density at radius 2 is 1.18 bits per heavy atom. The molecule has 0 fully saturated rings. The molecular formula is C31H65NO5P+. The van der Waals surface area contributed by atoms with E-state index in [1.165, 1.54) is 89.9 Å². The van der Waals surface area contributed by atoms with E-state index >= 15 is 0 Å². The van der Waals surface area contributed by atoms with Crippen LogP contribution in [0.2, 0.25) is 0 Å². The molecule has 7 heteroatoms. The van der Waals surface area contributed by atoms with Crippen LogP contribution < -0.4 is 0 Å². The van der Waals surface area contributed by atoms with Crippen LogP contribution in [0.1, 0.15) is 149 Å². The number of hydrogen-bond acceptors (Lipinski definition) is 4. The first-order valence-corrected chi connectivity index (χ1v) is 17.5. The van der Waals surface area contributed by atoms with Crippen molar-refractivity contribution in [3.63, 3.8) is 0 Å². The van der Waals surface area contributed by atoms with Gasteiger partial charge in [0.25, 0.3) is 0 Å². The zero-order valence-electron chi connectivity index (χ0n) is 26.0. The van der Waals surface area contributed by atoms with Gasteiger partial charge < -0.3 is 9.38 Å². The van der Waals surface area contributed by atoms with Crippen LogP contribution in [0.5, 0.6) is 0 Å². The first kappa shape index (κ1) is 37.7. The summed E-state index contributed by atoms with van der Waals surface area (Å²) in [5.41, 5.74) is 0. The van der Waals surface area contributed by atoms with Crippen molar-refractivity contribution < 1.29 is 27.8 Å². The van der Waals surface area contributed by atoms with Crippen LogP contribution in [0.25, 0.3) is 0 Å². The van der Waals surface area contributed by atoms with Gasteiger partial charge >= 0.3 is 7.82 Å². The second-order valence-electron chi connectivity index (χ2n) is 12.4. The summed E-state index contributed by atoms with van der Waals surface area (Å²) < 4.78 is 23.6. The maximum absolute atomic E-state index is 12.3. The highest BCUT2D eigenvalue weighted by molar-refractivity contribution is 7.47. The first-order valence-electron chi connectivity index (χ1n) is 16.0. The molecule has 0 aromatic carbocycles. The Labute approximate surface area is 236 Å². The number of phosphoric acid groups is 1. The number of quaternary nitrogens is 1. The number of unbranched alkanes of at least 4 members (excludes halogenated alkanes) is 16. The summed E-state index contributed by atoms with van der Waals surface area (Å²) in [5.74, 6) is 0.167. The van der Waals surface area contributed by atoms with Gasteiger partial charge in [-0.25, -0.2) is 4.57 Å². The number of phosphoric ester groups is 1. The minimum atomic E-state index is -4.07. The molecule has 2 atom stereocenters. The molecule has 0 rings (SSSR count). The average Bonchev–Trinajstić information content (AvgIpc) is 2.85. The molecule has 0 saturated heterocycles. The van der Waals surface area contributed by atoms with E-state index in [4.69, 9.17) is 9.05 Å². The van der Waals surface area contributed by atoms with E-state index in [9.17, 15) is 14.3 Å². The van der Waals surface area contributed by atoms with Crippen molar-refractivity contribution in [2.75, 3.05) is 40.9 Å². The van der Waals surface area contributed by atoms with Gasteiger partial charge in [0.05, 0.1) is 40.9 Å². The Kier molecular flexibility index (Phi) is 24.4. The first-order chi connectivity index (χ1) is 18.1. The molecule has 2 unspecified atom stereocenters. The van der Waals surface area contributed by atoms with Crippen LogP contribution >= 0.6 is 7.82 Å². The lowest BCUT2D eigenvalue weighted by Crippen LogP contribution is -2.35. The van der Waals surface area contributed by atoms with E-state index < -0.39 is 7.82 Å². The molecule has 0 aliphatic carbocycles. The van der Waals surface area contributed by atoms with Crippen molar-refractivity contribution in [3.8, 4) is 0 Å². The average molecular weight is 563 g/mol. The van der Waals surface area contributed by atoms with E-state index in [1.807, 2.05) is 6.92 Å². The van der Waals surface area contributed by atoms with Crippen LogP contribution in [-0.2, 0) is 18.4 Å². The number of carbonyl (C=O) groups is 1. The molecule has 0 spiro atoms. The number of hydrogen-bond donors (Lipinski definition) is 1. The van der Waals surface area contributed by atoms with E-state index in [2.05, 4.69) is 28.1 Å². The van der Waals surface area contributed by atoms with Crippen LogP contribution in [0.15, 0.2) is 0 Å². The van der Waals surface area contributed by atoms with E-state index in [0.717, 1.165) is 43.1 Å². The van der Waals surface area contributed by atoms with Gasteiger partial charge in [-0.15, -0.1) is 0 Å². The van der Waals surface area contributed by atoms with Gasteiger partial charge in [-0.05, 0) is 25.2 Å². The number of rotatable bonds is 29. The number of Topliss-reactive ketones (excluding diaryl/α,β-unsaturated/α-hetero) is 1. The molecule has 0 radical (unpaired) electrons. The predicted octanol–water partition coefficient (Wildman–Crippen LogP) is 9.24. The van der Waals surface area contributed by atoms with Crippen LogP contribution in [0.3, 0.4) is 0 Å². The summed E-state index contributed by atoms with van der Waals surface area (Å²) in [6.45, 7) is 5.45. The molecule has 38 heavy (non-hydrogen) atoms. The van der Waals surface area contributed by atoms with E-state index in [0.29, 0.717) is 12.8 Å². The summed E-state index contributed by atoms with van der Waals surface area (Å²) in [5, 5.41) is 0. The Hall–Kier alpha value is -0.260. The molecular weight excluding hydrogens is 497 g/mol. The van der Waals surface area contributed by atoms with Gasteiger partial charge in [-0.3, -0.25) is 13.8 Å². The second kappa shape index (κ2) is 24.5. The zero-order valence-corrected chi connectivity index (χ0v) is 26.9. The Balaban J connectivity index is 3.90.